The molecule has 2 nitrogen and oxygen atoms in total. The van der Waals surface area contributed by atoms with E-state index in [1.807, 2.05) is 30.3 Å². The minimum Gasteiger partial charge on any atom is -0.493 e. The molecule has 0 bridgehead atoms. The van der Waals surface area contributed by atoms with Gasteiger partial charge in [0.2, 0.25) is 0 Å². The molecule has 0 saturated carbocycles. The van der Waals surface area contributed by atoms with Gasteiger partial charge in [-0.05, 0) is 46.9 Å². The number of halogens is 2. The number of nitrogens with one attached hydrogen (secondary N) is 1. The Morgan fingerprint density at radius 1 is 1.21 bits per heavy atom. The summed E-state index contributed by atoms with van der Waals surface area (Å²) in [7, 11) is 0. The Balaban J connectivity index is 1.88. The first-order chi connectivity index (χ1) is 9.24. The highest BCUT2D eigenvalue weighted by Gasteiger charge is 2.21. The van der Waals surface area contributed by atoms with Crippen molar-refractivity contribution in [2.24, 2.45) is 0 Å². The summed E-state index contributed by atoms with van der Waals surface area (Å²) in [4.78, 5) is 0. The molecule has 1 atom stereocenters. The number of para-hydroxylation sites is 1. The molecule has 1 unspecified atom stereocenters. The third-order valence-corrected chi connectivity index (χ3v) is 4.20. The molecule has 0 aliphatic carbocycles. The molecule has 2 aromatic rings. The molecule has 0 aromatic heterocycles. The summed E-state index contributed by atoms with van der Waals surface area (Å²) in [5, 5.41) is 4.28. The molecule has 1 N–H and O–H groups in total. The smallest absolute Gasteiger partial charge is 0.124 e. The second-order valence-corrected chi connectivity index (χ2v) is 6.15. The highest BCUT2D eigenvalue weighted by molar-refractivity contribution is 14.1. The van der Waals surface area contributed by atoms with Crippen LogP contribution in [0.25, 0.3) is 0 Å². The molecule has 0 spiro atoms. The summed E-state index contributed by atoms with van der Waals surface area (Å²) in [5.74, 6) is 0.966. The normalized spacial score (nSPS) is 17.5. The van der Waals surface area contributed by atoms with Gasteiger partial charge in [0, 0.05) is 15.6 Å². The van der Waals surface area contributed by atoms with E-state index in [-0.39, 0.29) is 6.04 Å². The van der Waals surface area contributed by atoms with Gasteiger partial charge in [-0.2, -0.15) is 0 Å². The quantitative estimate of drug-likeness (QED) is 0.744. The van der Waals surface area contributed by atoms with Crippen LogP contribution in [-0.4, -0.2) is 6.61 Å². The van der Waals surface area contributed by atoms with Crippen molar-refractivity contribution < 1.29 is 4.74 Å². The zero-order chi connectivity index (χ0) is 13.2. The molecule has 0 radical (unpaired) electrons. The second kappa shape index (κ2) is 5.59. The topological polar surface area (TPSA) is 21.3 Å². The summed E-state index contributed by atoms with van der Waals surface area (Å²) < 4.78 is 6.81. The van der Waals surface area contributed by atoms with Crippen molar-refractivity contribution in [1.29, 1.82) is 0 Å². The molecule has 98 valence electrons. The standard InChI is InChI=1S/C15H13ClINO/c16-12-9-10(17)5-6-14(12)18-13-7-8-19-15-4-2-1-3-11(13)15/h1-6,9,13,18H,7-8H2. The third-order valence-electron chi connectivity index (χ3n) is 3.22. The number of ether oxygens (including phenoxy) is 1. The van der Waals surface area contributed by atoms with Crippen LogP contribution in [0.1, 0.15) is 18.0 Å². The van der Waals surface area contributed by atoms with Gasteiger partial charge in [-0.25, -0.2) is 0 Å². The maximum absolute atomic E-state index is 6.28. The van der Waals surface area contributed by atoms with Crippen molar-refractivity contribution in [2.75, 3.05) is 11.9 Å². The molecule has 0 fully saturated rings. The lowest BCUT2D eigenvalue weighted by Crippen LogP contribution is -2.20. The van der Waals surface area contributed by atoms with Crippen molar-refractivity contribution in [3.63, 3.8) is 0 Å². The maximum Gasteiger partial charge on any atom is 0.124 e. The van der Waals surface area contributed by atoms with Crippen LogP contribution in [0, 0.1) is 3.57 Å². The van der Waals surface area contributed by atoms with E-state index in [0.717, 1.165) is 33.1 Å². The van der Waals surface area contributed by atoms with E-state index in [1.165, 1.54) is 5.56 Å². The van der Waals surface area contributed by atoms with Gasteiger partial charge in [0.05, 0.1) is 23.4 Å². The van der Waals surface area contributed by atoms with Crippen molar-refractivity contribution in [3.05, 3.63) is 56.6 Å². The number of hydrogen-bond acceptors (Lipinski definition) is 2. The summed E-state index contributed by atoms with van der Waals surface area (Å²) in [6, 6.07) is 14.5. The first-order valence-electron chi connectivity index (χ1n) is 6.17. The minimum absolute atomic E-state index is 0.252. The van der Waals surface area contributed by atoms with Crippen LogP contribution in [0.15, 0.2) is 42.5 Å². The predicted molar refractivity (Wildman–Crippen MR) is 87.1 cm³/mol. The molecule has 1 heterocycles. The Hall–Kier alpha value is -0.940. The van der Waals surface area contributed by atoms with Crippen molar-refractivity contribution in [2.45, 2.75) is 12.5 Å². The fourth-order valence-electron chi connectivity index (χ4n) is 2.29. The number of anilines is 1. The van der Waals surface area contributed by atoms with Gasteiger partial charge in [-0.15, -0.1) is 0 Å². The van der Waals surface area contributed by atoms with Gasteiger partial charge >= 0.3 is 0 Å². The number of fused-ring (bicyclic) bond motifs is 1. The second-order valence-electron chi connectivity index (χ2n) is 4.50. The number of rotatable bonds is 2. The Kier molecular flexibility index (Phi) is 3.84. The number of hydrogen-bond donors (Lipinski definition) is 1. The summed E-state index contributed by atoms with van der Waals surface area (Å²) in [6.07, 6.45) is 0.944. The van der Waals surface area contributed by atoms with E-state index in [4.69, 9.17) is 16.3 Å². The van der Waals surface area contributed by atoms with E-state index < -0.39 is 0 Å². The minimum atomic E-state index is 0.252. The molecule has 3 rings (SSSR count). The highest BCUT2D eigenvalue weighted by atomic mass is 127. The first-order valence-corrected chi connectivity index (χ1v) is 7.63. The SMILES string of the molecule is Clc1cc(I)ccc1NC1CCOc2ccccc21. The monoisotopic (exact) mass is 385 g/mol. The molecule has 0 amide bonds. The Bertz CT molecular complexity index is 602. The van der Waals surface area contributed by atoms with E-state index in [9.17, 15) is 0 Å². The fraction of sp³-hybridized carbons (Fsp3) is 0.200. The van der Waals surface area contributed by atoms with Crippen molar-refractivity contribution in [3.8, 4) is 5.75 Å². The van der Waals surface area contributed by atoms with Gasteiger partial charge in [-0.1, -0.05) is 29.8 Å². The van der Waals surface area contributed by atoms with Crippen LogP contribution in [0.4, 0.5) is 5.69 Å². The molecule has 0 saturated heterocycles. The Morgan fingerprint density at radius 3 is 2.89 bits per heavy atom. The average Bonchev–Trinajstić information content (AvgIpc) is 2.42. The average molecular weight is 386 g/mol. The lowest BCUT2D eigenvalue weighted by atomic mass is 10.0. The Labute approximate surface area is 131 Å². The van der Waals surface area contributed by atoms with Crippen LogP contribution in [-0.2, 0) is 0 Å². The molecular formula is C15H13ClINO. The van der Waals surface area contributed by atoms with E-state index in [2.05, 4.69) is 40.0 Å². The molecule has 1 aliphatic heterocycles. The molecule has 1 aliphatic rings. The largest absolute Gasteiger partial charge is 0.493 e. The predicted octanol–water partition coefficient (Wildman–Crippen LogP) is 4.88. The number of benzene rings is 2. The van der Waals surface area contributed by atoms with Crippen LogP contribution < -0.4 is 10.1 Å². The third kappa shape index (κ3) is 2.82. The van der Waals surface area contributed by atoms with Gasteiger partial charge in [0.15, 0.2) is 0 Å². The molecule has 4 heteroatoms. The molecule has 19 heavy (non-hydrogen) atoms. The summed E-state index contributed by atoms with van der Waals surface area (Å²) >= 11 is 8.54. The summed E-state index contributed by atoms with van der Waals surface area (Å²) in [5.41, 5.74) is 2.17. The zero-order valence-corrected chi connectivity index (χ0v) is 13.1. The molecule has 2 aromatic carbocycles. The van der Waals surface area contributed by atoms with Gasteiger partial charge in [-0.3, -0.25) is 0 Å². The highest BCUT2D eigenvalue weighted by Crippen LogP contribution is 2.35. The zero-order valence-electron chi connectivity index (χ0n) is 10.2. The lowest BCUT2D eigenvalue weighted by Gasteiger charge is -2.27. The maximum atomic E-state index is 6.28. The summed E-state index contributed by atoms with van der Waals surface area (Å²) in [6.45, 7) is 0.733. The van der Waals surface area contributed by atoms with Gasteiger partial charge in [0.1, 0.15) is 5.75 Å². The van der Waals surface area contributed by atoms with E-state index in [1.54, 1.807) is 0 Å². The van der Waals surface area contributed by atoms with Crippen LogP contribution in [0.5, 0.6) is 5.75 Å². The van der Waals surface area contributed by atoms with Crippen LogP contribution in [0.3, 0.4) is 0 Å². The molecular weight excluding hydrogens is 373 g/mol. The van der Waals surface area contributed by atoms with Crippen molar-refractivity contribution in [1.82, 2.24) is 0 Å². The van der Waals surface area contributed by atoms with E-state index in [0.29, 0.717) is 0 Å². The van der Waals surface area contributed by atoms with Crippen LogP contribution >= 0.6 is 34.2 Å². The van der Waals surface area contributed by atoms with E-state index >= 15 is 0 Å². The van der Waals surface area contributed by atoms with Crippen LogP contribution in [0.2, 0.25) is 5.02 Å². The van der Waals surface area contributed by atoms with Crippen molar-refractivity contribution >= 4 is 39.9 Å². The Morgan fingerprint density at radius 2 is 2.05 bits per heavy atom. The fourth-order valence-corrected chi connectivity index (χ4v) is 3.20. The van der Waals surface area contributed by atoms with Gasteiger partial charge < -0.3 is 10.1 Å². The lowest BCUT2D eigenvalue weighted by molar-refractivity contribution is 0.274. The van der Waals surface area contributed by atoms with Gasteiger partial charge in [0.25, 0.3) is 0 Å². The first kappa shape index (κ1) is 13.1.